The SMILES string of the molecule is C[NH2+]c1cccc(C(C)=O)c1. The van der Waals surface area contributed by atoms with Gasteiger partial charge in [-0.25, -0.2) is 0 Å². The van der Waals surface area contributed by atoms with E-state index in [1.807, 2.05) is 36.6 Å². The van der Waals surface area contributed by atoms with Gasteiger partial charge in [-0.1, -0.05) is 12.1 Å². The van der Waals surface area contributed by atoms with Crippen molar-refractivity contribution in [1.29, 1.82) is 0 Å². The van der Waals surface area contributed by atoms with Gasteiger partial charge in [0, 0.05) is 11.6 Å². The Bertz CT molecular complexity index is 268. The molecule has 0 atom stereocenters. The Morgan fingerprint density at radius 2 is 2.18 bits per heavy atom. The van der Waals surface area contributed by atoms with Crippen molar-refractivity contribution in [1.82, 2.24) is 0 Å². The molecule has 0 aliphatic rings. The van der Waals surface area contributed by atoms with Crippen molar-refractivity contribution in [2.45, 2.75) is 6.92 Å². The number of benzene rings is 1. The van der Waals surface area contributed by atoms with Crippen molar-refractivity contribution in [3.05, 3.63) is 29.8 Å². The van der Waals surface area contributed by atoms with E-state index in [2.05, 4.69) is 0 Å². The standard InChI is InChI=1S/C9H11NO/c1-7(11)8-4-3-5-9(6-8)10-2/h3-6,10H,1-2H3/p+1. The number of hydrogen-bond donors (Lipinski definition) is 1. The molecule has 0 aliphatic heterocycles. The molecule has 0 amide bonds. The van der Waals surface area contributed by atoms with Gasteiger partial charge >= 0.3 is 0 Å². The zero-order chi connectivity index (χ0) is 8.27. The van der Waals surface area contributed by atoms with E-state index in [0.29, 0.717) is 0 Å². The van der Waals surface area contributed by atoms with Crippen LogP contribution in [0, 0.1) is 0 Å². The summed E-state index contributed by atoms with van der Waals surface area (Å²) in [6.45, 7) is 1.58. The summed E-state index contributed by atoms with van der Waals surface area (Å²) in [5.74, 6) is 0.119. The molecule has 0 saturated carbocycles. The quantitative estimate of drug-likeness (QED) is 0.489. The summed E-state index contributed by atoms with van der Waals surface area (Å²) >= 11 is 0. The Morgan fingerprint density at radius 1 is 1.45 bits per heavy atom. The number of ketones is 1. The summed E-state index contributed by atoms with van der Waals surface area (Å²) < 4.78 is 0. The van der Waals surface area contributed by atoms with Crippen LogP contribution in [0.5, 0.6) is 0 Å². The average Bonchev–Trinajstić information content (AvgIpc) is 2.05. The Kier molecular flexibility index (Phi) is 2.39. The maximum absolute atomic E-state index is 10.9. The summed E-state index contributed by atoms with van der Waals surface area (Å²) in [4.78, 5) is 10.9. The highest BCUT2D eigenvalue weighted by molar-refractivity contribution is 5.94. The maximum Gasteiger partial charge on any atom is 0.160 e. The minimum atomic E-state index is 0.119. The van der Waals surface area contributed by atoms with E-state index >= 15 is 0 Å². The molecular formula is C9H12NO+. The molecule has 2 nitrogen and oxygen atoms in total. The number of Topliss-reactive ketones (excluding diaryl/α,β-unsaturated/α-hetero) is 1. The normalized spacial score (nSPS) is 9.64. The van der Waals surface area contributed by atoms with Crippen LogP contribution in [0.2, 0.25) is 0 Å². The van der Waals surface area contributed by atoms with Crippen molar-refractivity contribution in [3.8, 4) is 0 Å². The van der Waals surface area contributed by atoms with Crippen molar-refractivity contribution < 1.29 is 10.1 Å². The molecule has 58 valence electrons. The third kappa shape index (κ3) is 1.88. The lowest BCUT2D eigenvalue weighted by atomic mass is 10.1. The zero-order valence-electron chi connectivity index (χ0n) is 6.79. The fourth-order valence-corrected chi connectivity index (χ4v) is 0.937. The highest BCUT2D eigenvalue weighted by atomic mass is 16.1. The molecule has 0 aliphatic carbocycles. The molecule has 0 bridgehead atoms. The van der Waals surface area contributed by atoms with Crippen LogP contribution in [0.1, 0.15) is 17.3 Å². The Balaban J connectivity index is 3.01. The van der Waals surface area contributed by atoms with Crippen molar-refractivity contribution in [2.24, 2.45) is 0 Å². The number of quaternary nitrogens is 1. The van der Waals surface area contributed by atoms with E-state index in [1.54, 1.807) is 6.92 Å². The smallest absolute Gasteiger partial charge is 0.160 e. The van der Waals surface area contributed by atoms with E-state index in [-0.39, 0.29) is 5.78 Å². The molecule has 11 heavy (non-hydrogen) atoms. The molecule has 2 N–H and O–H groups in total. The van der Waals surface area contributed by atoms with Crippen molar-refractivity contribution >= 4 is 11.5 Å². The predicted molar refractivity (Wildman–Crippen MR) is 44.0 cm³/mol. The van der Waals surface area contributed by atoms with Gasteiger partial charge in [-0.3, -0.25) is 4.79 Å². The molecule has 2 heteroatoms. The maximum atomic E-state index is 10.9. The summed E-state index contributed by atoms with van der Waals surface area (Å²) in [5.41, 5.74) is 1.87. The number of carbonyl (C=O) groups excluding carboxylic acids is 1. The fourth-order valence-electron chi connectivity index (χ4n) is 0.937. The van der Waals surface area contributed by atoms with Crippen LogP contribution >= 0.6 is 0 Å². The molecule has 1 rings (SSSR count). The average molecular weight is 150 g/mol. The summed E-state index contributed by atoms with van der Waals surface area (Å²) in [6.07, 6.45) is 0. The molecule has 0 spiro atoms. The fraction of sp³-hybridized carbons (Fsp3) is 0.222. The van der Waals surface area contributed by atoms with Crippen LogP contribution in [-0.2, 0) is 0 Å². The number of nitrogens with two attached hydrogens (primary N) is 1. The van der Waals surface area contributed by atoms with Crippen LogP contribution < -0.4 is 5.32 Å². The minimum Gasteiger partial charge on any atom is -0.316 e. The molecule has 0 radical (unpaired) electrons. The minimum absolute atomic E-state index is 0.119. The molecule has 0 heterocycles. The third-order valence-corrected chi connectivity index (χ3v) is 1.63. The van der Waals surface area contributed by atoms with E-state index in [0.717, 1.165) is 11.3 Å². The number of hydrogen-bond acceptors (Lipinski definition) is 1. The summed E-state index contributed by atoms with van der Waals surface area (Å²) in [6, 6.07) is 7.59. The highest BCUT2D eigenvalue weighted by Gasteiger charge is 1.99. The van der Waals surface area contributed by atoms with Crippen molar-refractivity contribution in [3.63, 3.8) is 0 Å². The van der Waals surface area contributed by atoms with Gasteiger partial charge in [0.05, 0.1) is 7.05 Å². The largest absolute Gasteiger partial charge is 0.316 e. The second-order valence-corrected chi connectivity index (χ2v) is 2.47. The first-order valence-corrected chi connectivity index (χ1v) is 3.64. The lowest BCUT2D eigenvalue weighted by molar-refractivity contribution is -0.539. The molecule has 0 saturated heterocycles. The van der Waals surface area contributed by atoms with E-state index in [4.69, 9.17) is 0 Å². The van der Waals surface area contributed by atoms with Gasteiger partial charge in [0.1, 0.15) is 5.69 Å². The van der Waals surface area contributed by atoms with Gasteiger partial charge in [0.15, 0.2) is 5.78 Å². The van der Waals surface area contributed by atoms with Crippen LogP contribution in [0.4, 0.5) is 5.69 Å². The number of rotatable bonds is 2. The second-order valence-electron chi connectivity index (χ2n) is 2.47. The summed E-state index contributed by atoms with van der Waals surface area (Å²) in [5, 5.41) is 1.98. The third-order valence-electron chi connectivity index (χ3n) is 1.63. The summed E-state index contributed by atoms with van der Waals surface area (Å²) in [7, 11) is 1.96. The molecule has 1 aromatic rings. The van der Waals surface area contributed by atoms with Gasteiger partial charge in [-0.15, -0.1) is 0 Å². The molecule has 0 aromatic heterocycles. The first-order valence-electron chi connectivity index (χ1n) is 3.64. The Hall–Kier alpha value is -1.15. The van der Waals surface area contributed by atoms with E-state index < -0.39 is 0 Å². The highest BCUT2D eigenvalue weighted by Crippen LogP contribution is 2.05. The van der Waals surface area contributed by atoms with Gasteiger partial charge in [0.25, 0.3) is 0 Å². The monoisotopic (exact) mass is 150 g/mol. The first-order chi connectivity index (χ1) is 5.24. The van der Waals surface area contributed by atoms with Gasteiger partial charge < -0.3 is 5.32 Å². The topological polar surface area (TPSA) is 33.7 Å². The first kappa shape index (κ1) is 7.95. The van der Waals surface area contributed by atoms with Crippen LogP contribution in [-0.4, -0.2) is 12.8 Å². The number of carbonyl (C=O) groups is 1. The van der Waals surface area contributed by atoms with Crippen molar-refractivity contribution in [2.75, 3.05) is 7.05 Å². The lowest BCUT2D eigenvalue weighted by Gasteiger charge is -1.96. The zero-order valence-corrected chi connectivity index (χ0v) is 6.79. The molecule has 1 aromatic carbocycles. The van der Waals surface area contributed by atoms with Crippen LogP contribution in [0.25, 0.3) is 0 Å². The van der Waals surface area contributed by atoms with E-state index in [9.17, 15) is 4.79 Å². The predicted octanol–water partition coefficient (Wildman–Crippen LogP) is 0.714. The van der Waals surface area contributed by atoms with Crippen LogP contribution in [0.3, 0.4) is 0 Å². The molecular weight excluding hydrogens is 138 g/mol. The molecule has 0 fully saturated rings. The van der Waals surface area contributed by atoms with E-state index in [1.165, 1.54) is 0 Å². The lowest BCUT2D eigenvalue weighted by Crippen LogP contribution is -2.72. The second kappa shape index (κ2) is 3.30. The van der Waals surface area contributed by atoms with Gasteiger partial charge in [-0.2, -0.15) is 0 Å². The van der Waals surface area contributed by atoms with Gasteiger partial charge in [-0.05, 0) is 13.0 Å². The Labute approximate surface area is 66.2 Å². The molecule has 0 unspecified atom stereocenters. The van der Waals surface area contributed by atoms with Crippen LogP contribution in [0.15, 0.2) is 24.3 Å². The Morgan fingerprint density at radius 3 is 2.73 bits per heavy atom. The van der Waals surface area contributed by atoms with Gasteiger partial charge in [0.2, 0.25) is 0 Å².